The lowest BCUT2D eigenvalue weighted by atomic mass is 10.2. The Hall–Kier alpha value is -2.57. The van der Waals surface area contributed by atoms with E-state index < -0.39 is 0 Å². The Bertz CT molecular complexity index is 712. The molecule has 0 radical (unpaired) electrons. The van der Waals surface area contributed by atoms with Crippen LogP contribution in [-0.2, 0) is 11.3 Å². The monoisotopic (exact) mass is 330 g/mol. The third kappa shape index (κ3) is 3.50. The van der Waals surface area contributed by atoms with Gasteiger partial charge in [-0.3, -0.25) is 14.3 Å². The van der Waals surface area contributed by atoms with Gasteiger partial charge in [0.1, 0.15) is 6.26 Å². The predicted octanol–water partition coefficient (Wildman–Crippen LogP) is 1.47. The fourth-order valence-corrected chi connectivity index (χ4v) is 2.99. The molecule has 0 spiro atoms. The van der Waals surface area contributed by atoms with Crippen molar-refractivity contribution < 1.29 is 14.0 Å². The van der Waals surface area contributed by atoms with Gasteiger partial charge >= 0.3 is 0 Å². The number of aromatic nitrogens is 2. The van der Waals surface area contributed by atoms with Crippen LogP contribution in [0.25, 0.3) is 0 Å². The Morgan fingerprint density at radius 1 is 1.17 bits per heavy atom. The van der Waals surface area contributed by atoms with Crippen molar-refractivity contribution in [1.82, 2.24) is 19.6 Å². The molecule has 2 amide bonds. The zero-order chi connectivity index (χ0) is 17.1. The molecule has 1 aliphatic rings. The first-order chi connectivity index (χ1) is 11.5. The number of piperazine rings is 1. The molecule has 7 nitrogen and oxygen atoms in total. The second kappa shape index (κ2) is 6.90. The van der Waals surface area contributed by atoms with Gasteiger partial charge < -0.3 is 14.2 Å². The number of carbonyl (C=O) groups excluding carboxylic acids is 2. The van der Waals surface area contributed by atoms with Crippen molar-refractivity contribution in [2.45, 2.75) is 26.8 Å². The van der Waals surface area contributed by atoms with Gasteiger partial charge in [-0.25, -0.2) is 0 Å². The summed E-state index contributed by atoms with van der Waals surface area (Å²) in [5.41, 5.74) is 2.58. The molecular formula is C17H22N4O3. The summed E-state index contributed by atoms with van der Waals surface area (Å²) < 4.78 is 6.82. The van der Waals surface area contributed by atoms with Crippen molar-refractivity contribution in [3.63, 3.8) is 0 Å². The molecule has 0 aliphatic carbocycles. The smallest absolute Gasteiger partial charge is 0.257 e. The number of rotatable bonds is 4. The molecule has 3 heterocycles. The molecule has 1 aliphatic heterocycles. The van der Waals surface area contributed by atoms with Gasteiger partial charge in [0.15, 0.2) is 0 Å². The lowest BCUT2D eigenvalue weighted by molar-refractivity contribution is -0.132. The van der Waals surface area contributed by atoms with Gasteiger partial charge in [0, 0.05) is 44.8 Å². The second-order valence-electron chi connectivity index (χ2n) is 6.09. The Kier molecular flexibility index (Phi) is 4.69. The number of hydrogen-bond donors (Lipinski definition) is 0. The average molecular weight is 330 g/mol. The topological polar surface area (TPSA) is 71.6 Å². The fraction of sp³-hybridized carbons (Fsp3) is 0.471. The molecule has 0 aromatic carbocycles. The minimum Gasteiger partial charge on any atom is -0.472 e. The van der Waals surface area contributed by atoms with Crippen LogP contribution < -0.4 is 0 Å². The molecule has 2 aromatic rings. The molecule has 7 heteroatoms. The van der Waals surface area contributed by atoms with Crippen LogP contribution in [0, 0.1) is 13.8 Å². The quantitative estimate of drug-likeness (QED) is 0.851. The number of furan rings is 1. The summed E-state index contributed by atoms with van der Waals surface area (Å²) in [6.07, 6.45) is 3.37. The predicted molar refractivity (Wildman–Crippen MR) is 87.5 cm³/mol. The van der Waals surface area contributed by atoms with Gasteiger partial charge in [0.05, 0.1) is 17.5 Å². The number of carbonyl (C=O) groups is 2. The van der Waals surface area contributed by atoms with Crippen molar-refractivity contribution in [3.05, 3.63) is 41.6 Å². The zero-order valence-electron chi connectivity index (χ0n) is 14.1. The van der Waals surface area contributed by atoms with Crippen LogP contribution in [-0.4, -0.2) is 57.6 Å². The minimum atomic E-state index is -0.0431. The van der Waals surface area contributed by atoms with E-state index in [1.54, 1.807) is 11.0 Å². The van der Waals surface area contributed by atoms with E-state index in [-0.39, 0.29) is 11.8 Å². The molecule has 1 saturated heterocycles. The summed E-state index contributed by atoms with van der Waals surface area (Å²) in [7, 11) is 0. The summed E-state index contributed by atoms with van der Waals surface area (Å²) in [6, 6.07) is 3.67. The van der Waals surface area contributed by atoms with Crippen molar-refractivity contribution in [2.24, 2.45) is 0 Å². The lowest BCUT2D eigenvalue weighted by Crippen LogP contribution is -2.50. The summed E-state index contributed by atoms with van der Waals surface area (Å²) in [4.78, 5) is 28.2. The van der Waals surface area contributed by atoms with Crippen LogP contribution in [0.5, 0.6) is 0 Å². The SMILES string of the molecule is Cc1cc(C)n(CCC(=O)N2CCN(C(=O)c3ccoc3)CC2)n1. The highest BCUT2D eigenvalue weighted by Crippen LogP contribution is 2.11. The van der Waals surface area contributed by atoms with Crippen molar-refractivity contribution >= 4 is 11.8 Å². The van der Waals surface area contributed by atoms with Gasteiger partial charge in [0.25, 0.3) is 5.91 Å². The Balaban J connectivity index is 1.48. The summed E-state index contributed by atoms with van der Waals surface area (Å²) >= 11 is 0. The minimum absolute atomic E-state index is 0.0431. The van der Waals surface area contributed by atoms with Crippen molar-refractivity contribution in [2.75, 3.05) is 26.2 Å². The maximum Gasteiger partial charge on any atom is 0.257 e. The summed E-state index contributed by atoms with van der Waals surface area (Å²) in [5, 5.41) is 4.38. The Labute approximate surface area is 140 Å². The normalized spacial score (nSPS) is 14.9. The second-order valence-corrected chi connectivity index (χ2v) is 6.09. The maximum atomic E-state index is 12.4. The maximum absolute atomic E-state index is 12.4. The highest BCUT2D eigenvalue weighted by atomic mass is 16.3. The van der Waals surface area contributed by atoms with E-state index in [0.717, 1.165) is 11.4 Å². The van der Waals surface area contributed by atoms with Crippen molar-refractivity contribution in [1.29, 1.82) is 0 Å². The van der Waals surface area contributed by atoms with E-state index in [4.69, 9.17) is 4.42 Å². The first-order valence-corrected chi connectivity index (χ1v) is 8.15. The summed E-state index contributed by atoms with van der Waals surface area (Å²) in [5.74, 6) is 0.0662. The first-order valence-electron chi connectivity index (χ1n) is 8.15. The van der Waals surface area contributed by atoms with Crippen molar-refractivity contribution in [3.8, 4) is 0 Å². The van der Waals surface area contributed by atoms with Crippen LogP contribution in [0.1, 0.15) is 28.2 Å². The average Bonchev–Trinajstić information content (AvgIpc) is 3.22. The van der Waals surface area contributed by atoms with Crippen LogP contribution in [0.15, 0.2) is 29.1 Å². The molecule has 2 aromatic heterocycles. The van der Waals surface area contributed by atoms with Crippen LogP contribution in [0.3, 0.4) is 0 Å². The van der Waals surface area contributed by atoms with E-state index in [1.165, 1.54) is 12.5 Å². The third-order valence-corrected chi connectivity index (χ3v) is 4.33. The highest BCUT2D eigenvalue weighted by molar-refractivity contribution is 5.94. The Morgan fingerprint density at radius 3 is 2.46 bits per heavy atom. The highest BCUT2D eigenvalue weighted by Gasteiger charge is 2.25. The number of amides is 2. The number of nitrogens with zero attached hydrogens (tertiary/aromatic N) is 4. The summed E-state index contributed by atoms with van der Waals surface area (Å²) in [6.45, 7) is 6.77. The molecule has 0 bridgehead atoms. The number of hydrogen-bond acceptors (Lipinski definition) is 4. The molecule has 0 saturated carbocycles. The largest absolute Gasteiger partial charge is 0.472 e. The van der Waals surface area contributed by atoms with E-state index in [9.17, 15) is 9.59 Å². The van der Waals surface area contributed by atoms with Gasteiger partial charge in [-0.15, -0.1) is 0 Å². The fourth-order valence-electron chi connectivity index (χ4n) is 2.99. The standard InChI is InChI=1S/C17H22N4O3/c1-13-11-14(2)21(18-13)5-3-16(22)19-6-8-20(9-7-19)17(23)15-4-10-24-12-15/h4,10-12H,3,5-9H2,1-2H3. The van der Waals surface area contributed by atoms with Gasteiger partial charge in [-0.05, 0) is 26.0 Å². The molecule has 24 heavy (non-hydrogen) atoms. The zero-order valence-corrected chi connectivity index (χ0v) is 14.1. The van der Waals surface area contributed by atoms with Gasteiger partial charge in [-0.2, -0.15) is 5.10 Å². The lowest BCUT2D eigenvalue weighted by Gasteiger charge is -2.34. The van der Waals surface area contributed by atoms with Gasteiger partial charge in [0.2, 0.25) is 5.91 Å². The molecule has 0 unspecified atom stereocenters. The van der Waals surface area contributed by atoms with E-state index in [2.05, 4.69) is 5.10 Å². The van der Waals surface area contributed by atoms with Crippen LogP contribution in [0.4, 0.5) is 0 Å². The third-order valence-electron chi connectivity index (χ3n) is 4.33. The van der Waals surface area contributed by atoms with Gasteiger partial charge in [-0.1, -0.05) is 0 Å². The van der Waals surface area contributed by atoms with Crippen LogP contribution >= 0.6 is 0 Å². The first kappa shape index (κ1) is 16.3. The Morgan fingerprint density at radius 2 is 1.88 bits per heavy atom. The molecule has 128 valence electrons. The number of aryl methyl sites for hydroxylation is 3. The molecular weight excluding hydrogens is 308 g/mol. The van der Waals surface area contributed by atoms with Crippen LogP contribution in [0.2, 0.25) is 0 Å². The molecule has 0 N–H and O–H groups in total. The molecule has 0 atom stereocenters. The molecule has 1 fully saturated rings. The van der Waals surface area contributed by atoms with E-state index in [1.807, 2.05) is 29.5 Å². The van der Waals surface area contributed by atoms with E-state index in [0.29, 0.717) is 44.7 Å². The van der Waals surface area contributed by atoms with E-state index >= 15 is 0 Å². The molecule has 3 rings (SSSR count).